The lowest BCUT2D eigenvalue weighted by Crippen LogP contribution is -2.18. The molecule has 4 nitrogen and oxygen atoms in total. The number of carbonyl (C=O) groups excluding carboxylic acids is 1. The summed E-state index contributed by atoms with van der Waals surface area (Å²) in [5, 5.41) is 3.74. The third-order valence-electron chi connectivity index (χ3n) is 1.68. The first-order valence-electron chi connectivity index (χ1n) is 3.64. The molecular weight excluding hydrogens is 142 g/mol. The maximum atomic E-state index is 11.3. The normalized spacial score (nSPS) is 12.9. The number of carbonyl (C=O) groups is 1. The van der Waals surface area contributed by atoms with Gasteiger partial charge in [-0.25, -0.2) is 4.98 Å². The molecule has 0 spiro atoms. The molecule has 1 aromatic heterocycles. The summed E-state index contributed by atoms with van der Waals surface area (Å²) in [4.78, 5) is 15.0. The van der Waals surface area contributed by atoms with Crippen LogP contribution >= 0.6 is 0 Å². The largest absolute Gasteiger partial charge is 0.272 e. The lowest BCUT2D eigenvalue weighted by Gasteiger charge is -2.04. The predicted molar refractivity (Wildman–Crippen MR) is 40.1 cm³/mol. The second-order valence-corrected chi connectivity index (χ2v) is 2.49. The van der Waals surface area contributed by atoms with Gasteiger partial charge in [0.15, 0.2) is 0 Å². The molecule has 0 fully saturated rings. The fourth-order valence-corrected chi connectivity index (χ4v) is 0.722. The minimum atomic E-state index is 0.00463. The van der Waals surface area contributed by atoms with E-state index in [1.54, 1.807) is 0 Å². The Morgan fingerprint density at radius 2 is 2.45 bits per heavy atom. The molecule has 0 aliphatic rings. The van der Waals surface area contributed by atoms with E-state index in [0.717, 1.165) is 6.42 Å². The summed E-state index contributed by atoms with van der Waals surface area (Å²) in [6.07, 6.45) is 3.62. The van der Waals surface area contributed by atoms with Crippen molar-refractivity contribution in [1.82, 2.24) is 14.8 Å². The van der Waals surface area contributed by atoms with Gasteiger partial charge in [-0.15, -0.1) is 0 Å². The smallest absolute Gasteiger partial charge is 0.251 e. The van der Waals surface area contributed by atoms with Crippen LogP contribution in [0.1, 0.15) is 25.1 Å². The van der Waals surface area contributed by atoms with E-state index in [-0.39, 0.29) is 11.8 Å². The van der Waals surface area contributed by atoms with Crippen LogP contribution < -0.4 is 0 Å². The Labute approximate surface area is 65.2 Å². The molecule has 1 atom stereocenters. The minimum absolute atomic E-state index is 0.00463. The third-order valence-corrected chi connectivity index (χ3v) is 1.68. The van der Waals surface area contributed by atoms with Crippen molar-refractivity contribution in [2.24, 2.45) is 5.92 Å². The van der Waals surface area contributed by atoms with Crippen LogP contribution in [0.2, 0.25) is 0 Å². The van der Waals surface area contributed by atoms with E-state index in [2.05, 4.69) is 10.1 Å². The topological polar surface area (TPSA) is 47.8 Å². The summed E-state index contributed by atoms with van der Waals surface area (Å²) >= 11 is 0. The molecule has 0 N–H and O–H groups in total. The lowest BCUT2D eigenvalue weighted by atomic mass is 10.1. The van der Waals surface area contributed by atoms with Crippen LogP contribution in [0.25, 0.3) is 0 Å². The molecule has 60 valence electrons. The molecule has 0 amide bonds. The molecule has 1 heterocycles. The molecule has 1 rings (SSSR count). The summed E-state index contributed by atoms with van der Waals surface area (Å²) in [5.41, 5.74) is 0. The summed E-state index contributed by atoms with van der Waals surface area (Å²) in [6, 6.07) is 0. The number of hydrogen-bond donors (Lipinski definition) is 0. The number of hydrogen-bond acceptors (Lipinski definition) is 3. The number of aromatic nitrogens is 3. The van der Waals surface area contributed by atoms with Crippen molar-refractivity contribution < 1.29 is 4.79 Å². The van der Waals surface area contributed by atoms with E-state index < -0.39 is 0 Å². The fourth-order valence-electron chi connectivity index (χ4n) is 0.722. The molecule has 1 aromatic rings. The Kier molecular flexibility index (Phi) is 2.36. The van der Waals surface area contributed by atoms with Gasteiger partial charge in [0, 0.05) is 5.92 Å². The number of nitrogens with zero attached hydrogens (tertiary/aromatic N) is 3. The van der Waals surface area contributed by atoms with Gasteiger partial charge in [-0.05, 0) is 6.42 Å². The zero-order chi connectivity index (χ0) is 8.27. The monoisotopic (exact) mass is 153 g/mol. The fraction of sp³-hybridized carbons (Fsp3) is 0.571. The first-order valence-corrected chi connectivity index (χ1v) is 3.64. The predicted octanol–water partition coefficient (Wildman–Crippen LogP) is 0.964. The van der Waals surface area contributed by atoms with Crippen molar-refractivity contribution in [2.45, 2.75) is 20.3 Å². The van der Waals surface area contributed by atoms with Crippen LogP contribution in [-0.2, 0) is 0 Å². The van der Waals surface area contributed by atoms with Gasteiger partial charge >= 0.3 is 0 Å². The highest BCUT2D eigenvalue weighted by atomic mass is 16.2. The van der Waals surface area contributed by atoms with Crippen molar-refractivity contribution in [3.05, 3.63) is 12.7 Å². The minimum Gasteiger partial charge on any atom is -0.272 e. The quantitative estimate of drug-likeness (QED) is 0.635. The van der Waals surface area contributed by atoms with Crippen LogP contribution in [0, 0.1) is 5.92 Å². The van der Waals surface area contributed by atoms with Gasteiger partial charge in [-0.1, -0.05) is 13.8 Å². The Bertz CT molecular complexity index is 230. The summed E-state index contributed by atoms with van der Waals surface area (Å²) in [5.74, 6) is 0.0294. The van der Waals surface area contributed by atoms with E-state index in [4.69, 9.17) is 0 Å². The van der Waals surface area contributed by atoms with Crippen LogP contribution in [-0.4, -0.2) is 20.7 Å². The molecule has 11 heavy (non-hydrogen) atoms. The molecule has 0 saturated heterocycles. The Balaban J connectivity index is 2.70. The Morgan fingerprint density at radius 3 is 2.91 bits per heavy atom. The molecule has 0 bridgehead atoms. The van der Waals surface area contributed by atoms with Crippen LogP contribution in [0.5, 0.6) is 0 Å². The molecule has 1 unspecified atom stereocenters. The van der Waals surface area contributed by atoms with Gasteiger partial charge in [0.2, 0.25) is 0 Å². The van der Waals surface area contributed by atoms with Crippen molar-refractivity contribution in [3.8, 4) is 0 Å². The summed E-state index contributed by atoms with van der Waals surface area (Å²) in [6.45, 7) is 3.85. The van der Waals surface area contributed by atoms with Crippen molar-refractivity contribution in [3.63, 3.8) is 0 Å². The van der Waals surface area contributed by atoms with E-state index in [9.17, 15) is 4.79 Å². The van der Waals surface area contributed by atoms with Gasteiger partial charge in [-0.3, -0.25) is 4.79 Å². The zero-order valence-corrected chi connectivity index (χ0v) is 6.69. The van der Waals surface area contributed by atoms with Gasteiger partial charge in [0.25, 0.3) is 5.91 Å². The molecule has 0 radical (unpaired) electrons. The molecule has 0 aromatic carbocycles. The first-order chi connectivity index (χ1) is 5.25. The molecular formula is C7H11N3O. The van der Waals surface area contributed by atoms with E-state index in [1.807, 2.05) is 13.8 Å². The van der Waals surface area contributed by atoms with Gasteiger partial charge in [-0.2, -0.15) is 9.78 Å². The van der Waals surface area contributed by atoms with Gasteiger partial charge in [0.05, 0.1) is 0 Å². The standard InChI is InChI=1S/C7H11N3O/c1-3-6(2)7(11)10-5-8-4-9-10/h4-6H,3H2,1-2H3. The highest BCUT2D eigenvalue weighted by Crippen LogP contribution is 2.02. The molecule has 0 aliphatic heterocycles. The lowest BCUT2D eigenvalue weighted by molar-refractivity contribution is 0.0825. The number of rotatable bonds is 2. The molecule has 4 heteroatoms. The molecule has 0 aliphatic carbocycles. The van der Waals surface area contributed by atoms with Gasteiger partial charge in [0.1, 0.15) is 12.7 Å². The Hall–Kier alpha value is -1.19. The first kappa shape index (κ1) is 7.91. The van der Waals surface area contributed by atoms with Crippen molar-refractivity contribution >= 4 is 5.91 Å². The average molecular weight is 153 g/mol. The third kappa shape index (κ3) is 1.63. The highest BCUT2D eigenvalue weighted by Gasteiger charge is 2.12. The SMILES string of the molecule is CCC(C)C(=O)n1cncn1. The van der Waals surface area contributed by atoms with E-state index in [0.29, 0.717) is 0 Å². The molecule has 0 saturated carbocycles. The van der Waals surface area contributed by atoms with E-state index >= 15 is 0 Å². The van der Waals surface area contributed by atoms with E-state index in [1.165, 1.54) is 17.3 Å². The average Bonchev–Trinajstić information content (AvgIpc) is 2.53. The maximum absolute atomic E-state index is 11.3. The summed E-state index contributed by atoms with van der Waals surface area (Å²) < 4.78 is 1.27. The Morgan fingerprint density at radius 1 is 1.73 bits per heavy atom. The highest BCUT2D eigenvalue weighted by molar-refractivity contribution is 5.79. The van der Waals surface area contributed by atoms with Gasteiger partial charge < -0.3 is 0 Å². The zero-order valence-electron chi connectivity index (χ0n) is 6.69. The van der Waals surface area contributed by atoms with Crippen LogP contribution in [0.3, 0.4) is 0 Å². The van der Waals surface area contributed by atoms with Crippen molar-refractivity contribution in [1.29, 1.82) is 0 Å². The summed E-state index contributed by atoms with van der Waals surface area (Å²) in [7, 11) is 0. The van der Waals surface area contributed by atoms with Crippen LogP contribution in [0.15, 0.2) is 12.7 Å². The maximum Gasteiger partial charge on any atom is 0.251 e. The second kappa shape index (κ2) is 3.27. The second-order valence-electron chi connectivity index (χ2n) is 2.49. The van der Waals surface area contributed by atoms with Crippen molar-refractivity contribution in [2.75, 3.05) is 0 Å². The van der Waals surface area contributed by atoms with Crippen LogP contribution in [0.4, 0.5) is 0 Å².